The van der Waals surface area contributed by atoms with Crippen molar-refractivity contribution in [3.8, 4) is 17.0 Å². The Kier molecular flexibility index (Phi) is 4.30. The number of alkyl halides is 3. The van der Waals surface area contributed by atoms with Crippen molar-refractivity contribution in [1.29, 1.82) is 0 Å². The van der Waals surface area contributed by atoms with Gasteiger partial charge in [-0.2, -0.15) is 13.2 Å². The average Bonchev–Trinajstić information content (AvgIpc) is 2.47. The summed E-state index contributed by atoms with van der Waals surface area (Å²) in [6.07, 6.45) is -4.54. The lowest BCUT2D eigenvalue weighted by Crippen LogP contribution is -2.11. The van der Waals surface area contributed by atoms with Crippen molar-refractivity contribution in [3.63, 3.8) is 0 Å². The van der Waals surface area contributed by atoms with Gasteiger partial charge in [-0.05, 0) is 25.1 Å². The van der Waals surface area contributed by atoms with Crippen LogP contribution >= 0.6 is 0 Å². The summed E-state index contributed by atoms with van der Waals surface area (Å²) in [4.78, 5) is 7.51. The van der Waals surface area contributed by atoms with Crippen LogP contribution < -0.4 is 10.1 Å². The van der Waals surface area contributed by atoms with Crippen LogP contribution in [0.5, 0.6) is 5.75 Å². The van der Waals surface area contributed by atoms with Crippen LogP contribution in [0.4, 0.5) is 19.1 Å². The van der Waals surface area contributed by atoms with Crippen LogP contribution in [0.3, 0.4) is 0 Å². The molecule has 4 nitrogen and oxygen atoms in total. The van der Waals surface area contributed by atoms with Crippen LogP contribution in [0.1, 0.15) is 12.6 Å². The molecule has 21 heavy (non-hydrogen) atoms. The molecule has 7 heteroatoms. The molecule has 0 radical (unpaired) electrons. The minimum atomic E-state index is -4.54. The van der Waals surface area contributed by atoms with E-state index in [4.69, 9.17) is 4.74 Å². The summed E-state index contributed by atoms with van der Waals surface area (Å²) >= 11 is 0. The van der Waals surface area contributed by atoms with Gasteiger partial charge in [0.15, 0.2) is 5.69 Å². The van der Waals surface area contributed by atoms with E-state index in [1.807, 2.05) is 0 Å². The maximum absolute atomic E-state index is 12.9. The molecule has 1 aromatic carbocycles. The molecule has 0 fully saturated rings. The predicted molar refractivity (Wildman–Crippen MR) is 73.2 cm³/mol. The molecule has 0 spiro atoms. The van der Waals surface area contributed by atoms with Gasteiger partial charge in [-0.3, -0.25) is 0 Å². The average molecular weight is 297 g/mol. The SMILES string of the molecule is CCOc1ccccc1-c1cc(C(F)(F)F)nc(NC)n1. The van der Waals surface area contributed by atoms with Crippen LogP contribution in [0, 0.1) is 0 Å². The van der Waals surface area contributed by atoms with Crippen molar-refractivity contribution < 1.29 is 17.9 Å². The number of hydrogen-bond donors (Lipinski definition) is 1. The molecular weight excluding hydrogens is 283 g/mol. The number of rotatable bonds is 4. The number of nitrogens with zero attached hydrogens (tertiary/aromatic N) is 2. The van der Waals surface area contributed by atoms with E-state index < -0.39 is 11.9 Å². The number of nitrogens with one attached hydrogen (secondary N) is 1. The van der Waals surface area contributed by atoms with Crippen LogP contribution in [0.25, 0.3) is 11.3 Å². The molecule has 0 amide bonds. The van der Waals surface area contributed by atoms with Gasteiger partial charge in [-0.1, -0.05) is 12.1 Å². The summed E-state index contributed by atoms with van der Waals surface area (Å²) in [5.41, 5.74) is -0.349. The smallest absolute Gasteiger partial charge is 0.433 e. The van der Waals surface area contributed by atoms with Gasteiger partial charge in [-0.25, -0.2) is 9.97 Å². The number of hydrogen-bond acceptors (Lipinski definition) is 4. The van der Waals surface area contributed by atoms with E-state index in [2.05, 4.69) is 15.3 Å². The fraction of sp³-hybridized carbons (Fsp3) is 0.286. The van der Waals surface area contributed by atoms with Crippen LogP contribution in [0.2, 0.25) is 0 Å². The molecule has 2 aromatic rings. The molecular formula is C14H14F3N3O. The van der Waals surface area contributed by atoms with Gasteiger partial charge in [0.2, 0.25) is 5.95 Å². The zero-order valence-electron chi connectivity index (χ0n) is 11.5. The predicted octanol–water partition coefficient (Wildman–Crippen LogP) is 3.60. The van der Waals surface area contributed by atoms with E-state index in [-0.39, 0.29) is 11.6 Å². The Balaban J connectivity index is 2.58. The molecule has 0 aliphatic carbocycles. The molecule has 0 saturated carbocycles. The minimum Gasteiger partial charge on any atom is -0.493 e. The highest BCUT2D eigenvalue weighted by atomic mass is 19.4. The van der Waals surface area contributed by atoms with E-state index >= 15 is 0 Å². The van der Waals surface area contributed by atoms with Gasteiger partial charge >= 0.3 is 6.18 Å². The normalized spacial score (nSPS) is 11.3. The third kappa shape index (κ3) is 3.42. The van der Waals surface area contributed by atoms with E-state index in [1.54, 1.807) is 31.2 Å². The van der Waals surface area contributed by atoms with Crippen molar-refractivity contribution in [2.24, 2.45) is 0 Å². The molecule has 1 N–H and O–H groups in total. The van der Waals surface area contributed by atoms with Gasteiger partial charge in [0, 0.05) is 12.6 Å². The van der Waals surface area contributed by atoms with Crippen LogP contribution in [-0.4, -0.2) is 23.6 Å². The van der Waals surface area contributed by atoms with Gasteiger partial charge in [0.05, 0.1) is 12.3 Å². The van der Waals surface area contributed by atoms with E-state index in [9.17, 15) is 13.2 Å². The second-order valence-electron chi connectivity index (χ2n) is 4.14. The molecule has 0 unspecified atom stereocenters. The molecule has 0 aliphatic rings. The largest absolute Gasteiger partial charge is 0.493 e. The first-order valence-electron chi connectivity index (χ1n) is 6.32. The number of aromatic nitrogens is 2. The highest BCUT2D eigenvalue weighted by Crippen LogP contribution is 2.34. The Morgan fingerprint density at radius 1 is 1.19 bits per heavy atom. The Hall–Kier alpha value is -2.31. The van der Waals surface area contributed by atoms with Crippen LogP contribution in [0.15, 0.2) is 30.3 Å². The van der Waals surface area contributed by atoms with Gasteiger partial charge in [0.25, 0.3) is 0 Å². The fourth-order valence-corrected chi connectivity index (χ4v) is 1.80. The van der Waals surface area contributed by atoms with Gasteiger partial charge in [-0.15, -0.1) is 0 Å². The van der Waals surface area contributed by atoms with Crippen LogP contribution in [-0.2, 0) is 6.18 Å². The van der Waals surface area contributed by atoms with Crippen molar-refractivity contribution in [2.45, 2.75) is 13.1 Å². The first-order valence-corrected chi connectivity index (χ1v) is 6.32. The van der Waals surface area contributed by atoms with E-state index in [0.717, 1.165) is 6.07 Å². The number of benzene rings is 1. The van der Waals surface area contributed by atoms with Crippen molar-refractivity contribution >= 4 is 5.95 Å². The molecule has 0 aliphatic heterocycles. The topological polar surface area (TPSA) is 47.0 Å². The lowest BCUT2D eigenvalue weighted by atomic mass is 10.1. The summed E-state index contributed by atoms with van der Waals surface area (Å²) in [5, 5.41) is 2.54. The zero-order chi connectivity index (χ0) is 15.5. The Morgan fingerprint density at radius 3 is 2.52 bits per heavy atom. The van der Waals surface area contributed by atoms with E-state index in [1.165, 1.54) is 7.05 Å². The highest BCUT2D eigenvalue weighted by Gasteiger charge is 2.34. The Morgan fingerprint density at radius 2 is 1.90 bits per heavy atom. The quantitative estimate of drug-likeness (QED) is 0.936. The van der Waals surface area contributed by atoms with Crippen molar-refractivity contribution in [3.05, 3.63) is 36.0 Å². The molecule has 1 aromatic heterocycles. The minimum absolute atomic E-state index is 0.0915. The lowest BCUT2D eigenvalue weighted by Gasteiger charge is -2.13. The Bertz CT molecular complexity index is 629. The zero-order valence-corrected chi connectivity index (χ0v) is 11.5. The second-order valence-corrected chi connectivity index (χ2v) is 4.14. The summed E-state index contributed by atoms with van der Waals surface area (Å²) in [5.74, 6) is 0.389. The standard InChI is InChI=1S/C14H14F3N3O/c1-3-21-11-7-5-4-6-9(11)10-8-12(14(15,16)17)20-13(18-2)19-10/h4-8H,3H2,1-2H3,(H,18,19,20). The molecule has 0 bridgehead atoms. The maximum Gasteiger partial charge on any atom is 0.433 e. The highest BCUT2D eigenvalue weighted by molar-refractivity contribution is 5.68. The maximum atomic E-state index is 12.9. The molecule has 112 valence electrons. The summed E-state index contributed by atoms with van der Waals surface area (Å²) in [7, 11) is 1.47. The molecule has 1 heterocycles. The molecule has 0 saturated heterocycles. The molecule has 0 atom stereocenters. The lowest BCUT2D eigenvalue weighted by molar-refractivity contribution is -0.141. The monoisotopic (exact) mass is 297 g/mol. The summed E-state index contributed by atoms with van der Waals surface area (Å²) in [6.45, 7) is 2.21. The third-order valence-electron chi connectivity index (χ3n) is 2.70. The number of ether oxygens (including phenoxy) is 1. The Labute approximate surface area is 120 Å². The fourth-order valence-electron chi connectivity index (χ4n) is 1.80. The summed E-state index contributed by atoms with van der Waals surface area (Å²) in [6, 6.07) is 7.73. The summed E-state index contributed by atoms with van der Waals surface area (Å²) < 4.78 is 44.1. The third-order valence-corrected chi connectivity index (χ3v) is 2.70. The van der Waals surface area contributed by atoms with E-state index in [0.29, 0.717) is 17.9 Å². The number of para-hydroxylation sites is 1. The number of halogens is 3. The van der Waals surface area contributed by atoms with Gasteiger partial charge < -0.3 is 10.1 Å². The second kappa shape index (κ2) is 5.99. The first-order chi connectivity index (χ1) is 9.95. The van der Waals surface area contributed by atoms with Crippen molar-refractivity contribution in [2.75, 3.05) is 19.0 Å². The number of anilines is 1. The molecule has 2 rings (SSSR count). The van der Waals surface area contributed by atoms with Crippen molar-refractivity contribution in [1.82, 2.24) is 9.97 Å². The first kappa shape index (κ1) is 15.1. The van der Waals surface area contributed by atoms with Gasteiger partial charge in [0.1, 0.15) is 5.75 Å².